The van der Waals surface area contributed by atoms with Crippen LogP contribution in [0, 0.1) is 13.8 Å². The molecule has 1 aromatic carbocycles. The van der Waals surface area contributed by atoms with E-state index in [4.69, 9.17) is 0 Å². The first kappa shape index (κ1) is 17.9. The van der Waals surface area contributed by atoms with Crippen molar-refractivity contribution >= 4 is 27.5 Å². The van der Waals surface area contributed by atoms with Crippen molar-refractivity contribution in [3.8, 4) is 11.1 Å². The van der Waals surface area contributed by atoms with Gasteiger partial charge in [-0.2, -0.15) is 0 Å². The number of fused-ring (bicyclic) bond motifs is 1. The van der Waals surface area contributed by atoms with Gasteiger partial charge in [-0.3, -0.25) is 14.2 Å². The fourth-order valence-corrected chi connectivity index (χ4v) is 4.79. The Morgan fingerprint density at radius 3 is 2.70 bits per heavy atom. The molecule has 140 valence electrons. The second-order valence-corrected chi connectivity index (χ2v) is 8.41. The van der Waals surface area contributed by atoms with Crippen LogP contribution in [0.2, 0.25) is 0 Å². The summed E-state index contributed by atoms with van der Waals surface area (Å²) in [5.74, 6) is 0.00186. The lowest BCUT2D eigenvalue weighted by Gasteiger charge is -2.26. The number of hydrogen-bond donors (Lipinski definition) is 0. The molecule has 0 saturated carbocycles. The third-order valence-electron chi connectivity index (χ3n) is 5.18. The Morgan fingerprint density at radius 1 is 1.19 bits per heavy atom. The number of nitrogens with zero attached hydrogens (tertiary/aromatic N) is 3. The average molecular weight is 382 g/mol. The van der Waals surface area contributed by atoms with Crippen molar-refractivity contribution in [2.75, 3.05) is 13.1 Å². The molecule has 2 aromatic heterocycles. The molecule has 3 heterocycles. The molecule has 0 N–H and O–H groups in total. The Morgan fingerprint density at radius 2 is 1.96 bits per heavy atom. The van der Waals surface area contributed by atoms with Crippen LogP contribution in [-0.2, 0) is 11.3 Å². The quantitative estimate of drug-likeness (QED) is 0.694. The van der Waals surface area contributed by atoms with E-state index >= 15 is 0 Å². The molecule has 3 aromatic rings. The summed E-state index contributed by atoms with van der Waals surface area (Å²) >= 11 is 1.53. The lowest BCUT2D eigenvalue weighted by Crippen LogP contribution is -2.39. The third-order valence-corrected chi connectivity index (χ3v) is 6.19. The van der Waals surface area contributed by atoms with Crippen LogP contribution in [0.15, 0.2) is 35.4 Å². The molecule has 0 spiro atoms. The first-order chi connectivity index (χ1) is 13.0. The van der Waals surface area contributed by atoms with Gasteiger partial charge >= 0.3 is 0 Å². The number of likely N-dealkylation sites (tertiary alicyclic amines) is 1. The summed E-state index contributed by atoms with van der Waals surface area (Å²) in [7, 11) is 0. The maximum atomic E-state index is 13.2. The van der Waals surface area contributed by atoms with Gasteiger partial charge in [-0.05, 0) is 38.7 Å². The van der Waals surface area contributed by atoms with Crippen LogP contribution in [0.3, 0.4) is 0 Å². The molecule has 0 aliphatic carbocycles. The number of amides is 1. The van der Waals surface area contributed by atoms with Gasteiger partial charge in [0, 0.05) is 23.5 Å². The minimum atomic E-state index is -0.133. The molecular weight excluding hydrogens is 358 g/mol. The molecule has 1 fully saturated rings. The summed E-state index contributed by atoms with van der Waals surface area (Å²) < 4.78 is 1.46. The number of aromatic nitrogens is 2. The van der Waals surface area contributed by atoms with E-state index in [2.05, 4.69) is 11.1 Å². The number of carbonyl (C=O) groups excluding carboxylic acids is 1. The number of thiophene rings is 1. The lowest BCUT2D eigenvalue weighted by molar-refractivity contribution is -0.132. The van der Waals surface area contributed by atoms with Crippen LogP contribution in [0.4, 0.5) is 0 Å². The molecule has 1 saturated heterocycles. The lowest BCUT2D eigenvalue weighted by atomic mass is 10.0. The summed E-state index contributed by atoms with van der Waals surface area (Å²) in [6.07, 6.45) is 4.77. The van der Waals surface area contributed by atoms with E-state index in [1.54, 1.807) is 0 Å². The Labute approximate surface area is 162 Å². The Balaban J connectivity index is 1.76. The first-order valence-electron chi connectivity index (χ1n) is 9.38. The van der Waals surface area contributed by atoms with E-state index in [0.29, 0.717) is 5.39 Å². The maximum absolute atomic E-state index is 13.2. The Hall–Kier alpha value is -2.47. The predicted molar refractivity (Wildman–Crippen MR) is 109 cm³/mol. The van der Waals surface area contributed by atoms with Crippen molar-refractivity contribution in [1.29, 1.82) is 0 Å². The molecule has 0 atom stereocenters. The number of hydrogen-bond acceptors (Lipinski definition) is 4. The van der Waals surface area contributed by atoms with Crippen LogP contribution in [0.5, 0.6) is 0 Å². The van der Waals surface area contributed by atoms with Gasteiger partial charge in [0.1, 0.15) is 11.4 Å². The fourth-order valence-electron chi connectivity index (χ4n) is 3.79. The van der Waals surface area contributed by atoms with Crippen molar-refractivity contribution in [1.82, 2.24) is 14.5 Å². The topological polar surface area (TPSA) is 55.2 Å². The van der Waals surface area contributed by atoms with E-state index in [9.17, 15) is 9.59 Å². The molecule has 1 amide bonds. The molecule has 1 aliphatic heterocycles. The van der Waals surface area contributed by atoms with Crippen LogP contribution >= 0.6 is 11.3 Å². The van der Waals surface area contributed by atoms with Crippen molar-refractivity contribution in [2.45, 2.75) is 39.7 Å². The van der Waals surface area contributed by atoms with Gasteiger partial charge < -0.3 is 4.90 Å². The van der Waals surface area contributed by atoms with Gasteiger partial charge in [0.2, 0.25) is 5.91 Å². The number of aryl methyl sites for hydroxylation is 2. The van der Waals surface area contributed by atoms with E-state index in [1.165, 1.54) is 28.7 Å². The molecule has 1 aliphatic rings. The van der Waals surface area contributed by atoms with Gasteiger partial charge in [0.05, 0.1) is 11.7 Å². The summed E-state index contributed by atoms with van der Waals surface area (Å²) in [6, 6.07) is 8.16. The van der Waals surface area contributed by atoms with Gasteiger partial charge in [-0.25, -0.2) is 4.98 Å². The van der Waals surface area contributed by atoms with E-state index in [0.717, 1.165) is 52.3 Å². The van der Waals surface area contributed by atoms with E-state index in [-0.39, 0.29) is 18.0 Å². The summed E-state index contributed by atoms with van der Waals surface area (Å²) in [5.41, 5.74) is 2.98. The zero-order chi connectivity index (χ0) is 19.0. The number of piperidine rings is 1. The summed E-state index contributed by atoms with van der Waals surface area (Å²) in [6.45, 7) is 5.70. The van der Waals surface area contributed by atoms with Crippen molar-refractivity contribution in [2.24, 2.45) is 0 Å². The highest BCUT2D eigenvalue weighted by Gasteiger charge is 2.20. The Bertz CT molecular complexity index is 1060. The first-order valence-corrected chi connectivity index (χ1v) is 10.2. The van der Waals surface area contributed by atoms with E-state index in [1.807, 2.05) is 36.9 Å². The maximum Gasteiger partial charge on any atom is 0.263 e. The van der Waals surface area contributed by atoms with Crippen molar-refractivity contribution < 1.29 is 4.79 Å². The SMILES string of the molecule is Cc1cccc(-c2c(C)sc3ncn(CC(=O)N4CCCCC4)c(=O)c23)c1. The van der Waals surface area contributed by atoms with Gasteiger partial charge in [0.25, 0.3) is 5.56 Å². The molecule has 0 radical (unpaired) electrons. The van der Waals surface area contributed by atoms with Crippen molar-refractivity contribution in [3.63, 3.8) is 0 Å². The van der Waals surface area contributed by atoms with Gasteiger partial charge in [-0.15, -0.1) is 11.3 Å². The number of carbonyl (C=O) groups is 1. The fraction of sp³-hybridized carbons (Fsp3) is 0.381. The molecule has 6 heteroatoms. The Kier molecular flexibility index (Phi) is 4.83. The van der Waals surface area contributed by atoms with E-state index < -0.39 is 0 Å². The second-order valence-electron chi connectivity index (χ2n) is 7.20. The highest BCUT2D eigenvalue weighted by molar-refractivity contribution is 7.19. The summed E-state index contributed by atoms with van der Waals surface area (Å²) in [4.78, 5) is 33.9. The largest absolute Gasteiger partial charge is 0.341 e. The normalized spacial score (nSPS) is 14.7. The molecule has 4 rings (SSSR count). The van der Waals surface area contributed by atoms with Crippen LogP contribution in [-0.4, -0.2) is 33.4 Å². The summed E-state index contributed by atoms with van der Waals surface area (Å²) in [5, 5.41) is 0.622. The van der Waals surface area contributed by atoms with Gasteiger partial charge in [-0.1, -0.05) is 29.8 Å². The van der Waals surface area contributed by atoms with Crippen LogP contribution < -0.4 is 5.56 Å². The monoisotopic (exact) mass is 381 g/mol. The minimum Gasteiger partial charge on any atom is -0.341 e. The van der Waals surface area contributed by atoms with Gasteiger partial charge in [0.15, 0.2) is 0 Å². The minimum absolute atomic E-state index is 0.00186. The number of benzene rings is 1. The third kappa shape index (κ3) is 3.41. The standard InChI is InChI=1S/C21H23N3O2S/c1-14-7-6-8-16(11-14)18-15(2)27-20-19(18)21(26)24(13-22-20)12-17(25)23-9-4-3-5-10-23/h6-8,11,13H,3-5,9-10,12H2,1-2H3. The molecule has 0 bridgehead atoms. The average Bonchev–Trinajstić information content (AvgIpc) is 3.01. The zero-order valence-corrected chi connectivity index (χ0v) is 16.5. The molecule has 27 heavy (non-hydrogen) atoms. The van der Waals surface area contributed by atoms with Crippen LogP contribution in [0.25, 0.3) is 21.3 Å². The molecular formula is C21H23N3O2S. The predicted octanol–water partition coefficient (Wildman–Crippen LogP) is 3.75. The smallest absolute Gasteiger partial charge is 0.263 e. The number of rotatable bonds is 3. The second kappa shape index (κ2) is 7.27. The highest BCUT2D eigenvalue weighted by atomic mass is 32.1. The molecule has 0 unspecified atom stereocenters. The highest BCUT2D eigenvalue weighted by Crippen LogP contribution is 2.35. The zero-order valence-electron chi connectivity index (χ0n) is 15.7. The van der Waals surface area contributed by atoms with Crippen molar-refractivity contribution in [3.05, 3.63) is 51.4 Å². The van der Waals surface area contributed by atoms with Crippen LogP contribution in [0.1, 0.15) is 29.7 Å². The molecule has 5 nitrogen and oxygen atoms in total.